The Kier molecular flexibility index (Phi) is 5.36. The monoisotopic (exact) mass is 358 g/mol. The zero-order valence-electron chi connectivity index (χ0n) is 10.0. The van der Waals surface area contributed by atoms with E-state index >= 15 is 0 Å². The van der Waals surface area contributed by atoms with E-state index in [0.29, 0.717) is 18.8 Å². The summed E-state index contributed by atoms with van der Waals surface area (Å²) in [5, 5.41) is 5.55. The van der Waals surface area contributed by atoms with E-state index < -0.39 is 0 Å². The third kappa shape index (κ3) is 4.60. The lowest BCUT2D eigenvalue weighted by Gasteiger charge is -2.04. The minimum absolute atomic E-state index is 0.0320. The van der Waals surface area contributed by atoms with Crippen LogP contribution in [0.5, 0.6) is 0 Å². The summed E-state index contributed by atoms with van der Waals surface area (Å²) in [4.78, 5) is 16.0. The first-order valence-electron chi connectivity index (χ1n) is 5.68. The van der Waals surface area contributed by atoms with Gasteiger partial charge in [0.2, 0.25) is 5.91 Å². The van der Waals surface area contributed by atoms with Crippen LogP contribution in [-0.4, -0.2) is 10.9 Å². The molecule has 0 radical (unpaired) electrons. The van der Waals surface area contributed by atoms with Gasteiger partial charge in [-0.3, -0.25) is 4.79 Å². The molecule has 0 saturated carbocycles. The fourth-order valence-electron chi connectivity index (χ4n) is 1.54. The molecule has 1 amide bonds. The van der Waals surface area contributed by atoms with Gasteiger partial charge in [-0.15, -0.1) is 22.9 Å². The van der Waals surface area contributed by atoms with Crippen LogP contribution < -0.4 is 5.32 Å². The molecular formula is C13H12BrClN2OS. The van der Waals surface area contributed by atoms with Gasteiger partial charge in [0.1, 0.15) is 5.01 Å². The van der Waals surface area contributed by atoms with E-state index in [2.05, 4.69) is 26.2 Å². The van der Waals surface area contributed by atoms with E-state index in [1.54, 1.807) is 0 Å². The molecule has 0 bridgehead atoms. The van der Waals surface area contributed by atoms with Crippen LogP contribution in [-0.2, 0) is 23.6 Å². The highest BCUT2D eigenvalue weighted by atomic mass is 79.9. The lowest BCUT2D eigenvalue weighted by atomic mass is 10.2. The fourth-order valence-corrected chi connectivity index (χ4v) is 3.01. The van der Waals surface area contributed by atoms with Crippen molar-refractivity contribution in [2.24, 2.45) is 0 Å². The molecule has 2 rings (SSSR count). The second-order valence-electron chi connectivity index (χ2n) is 3.95. The van der Waals surface area contributed by atoms with Crippen molar-refractivity contribution < 1.29 is 4.79 Å². The molecule has 6 heteroatoms. The summed E-state index contributed by atoms with van der Waals surface area (Å²) >= 11 is 10.5. The molecular weight excluding hydrogens is 348 g/mol. The van der Waals surface area contributed by atoms with Crippen molar-refractivity contribution in [2.75, 3.05) is 0 Å². The summed E-state index contributed by atoms with van der Waals surface area (Å²) in [7, 11) is 0. The molecule has 0 saturated heterocycles. The van der Waals surface area contributed by atoms with Crippen LogP contribution in [0.3, 0.4) is 0 Å². The normalized spacial score (nSPS) is 10.4. The van der Waals surface area contributed by atoms with Gasteiger partial charge in [-0.05, 0) is 17.7 Å². The number of carbonyl (C=O) groups is 1. The zero-order chi connectivity index (χ0) is 13.7. The first-order chi connectivity index (χ1) is 9.17. The Morgan fingerprint density at radius 3 is 3.00 bits per heavy atom. The van der Waals surface area contributed by atoms with Gasteiger partial charge in [0.05, 0.1) is 18.0 Å². The second-order valence-corrected chi connectivity index (χ2v) is 6.08. The summed E-state index contributed by atoms with van der Waals surface area (Å²) in [6, 6.07) is 7.85. The van der Waals surface area contributed by atoms with E-state index in [0.717, 1.165) is 20.7 Å². The van der Waals surface area contributed by atoms with E-state index in [9.17, 15) is 4.79 Å². The number of nitrogens with zero attached hydrogens (tertiary/aromatic N) is 1. The first-order valence-corrected chi connectivity index (χ1v) is 7.88. The SMILES string of the molecule is O=C(Cc1nc(CCl)cs1)NCc1cccc(Br)c1. The minimum Gasteiger partial charge on any atom is -0.352 e. The van der Waals surface area contributed by atoms with Crippen molar-refractivity contribution in [3.05, 3.63) is 50.4 Å². The smallest absolute Gasteiger partial charge is 0.227 e. The highest BCUT2D eigenvalue weighted by Gasteiger charge is 2.07. The lowest BCUT2D eigenvalue weighted by molar-refractivity contribution is -0.120. The molecule has 0 spiro atoms. The number of amides is 1. The molecule has 3 nitrogen and oxygen atoms in total. The quantitative estimate of drug-likeness (QED) is 0.830. The molecule has 100 valence electrons. The summed E-state index contributed by atoms with van der Waals surface area (Å²) in [6.45, 7) is 0.520. The average molecular weight is 360 g/mol. The van der Waals surface area contributed by atoms with Crippen molar-refractivity contribution in [3.8, 4) is 0 Å². The number of aromatic nitrogens is 1. The number of benzene rings is 1. The third-order valence-electron chi connectivity index (χ3n) is 2.43. The minimum atomic E-state index is -0.0320. The highest BCUT2D eigenvalue weighted by Crippen LogP contribution is 2.13. The molecule has 1 N–H and O–H groups in total. The van der Waals surface area contributed by atoms with Gasteiger partial charge >= 0.3 is 0 Å². The summed E-state index contributed by atoms with van der Waals surface area (Å²) in [5.41, 5.74) is 1.88. The van der Waals surface area contributed by atoms with Crippen LogP contribution in [0.15, 0.2) is 34.1 Å². The third-order valence-corrected chi connectivity index (χ3v) is 4.09. The molecule has 1 aromatic carbocycles. The van der Waals surface area contributed by atoms with Crippen molar-refractivity contribution in [1.82, 2.24) is 10.3 Å². The van der Waals surface area contributed by atoms with Crippen LogP contribution in [0.2, 0.25) is 0 Å². The Morgan fingerprint density at radius 2 is 2.32 bits per heavy atom. The van der Waals surface area contributed by atoms with Gasteiger partial charge in [0, 0.05) is 16.4 Å². The number of nitrogens with one attached hydrogen (secondary N) is 1. The molecule has 1 aromatic heterocycles. The Balaban J connectivity index is 1.84. The van der Waals surface area contributed by atoms with Gasteiger partial charge in [-0.1, -0.05) is 28.1 Å². The number of thiazole rings is 1. The van der Waals surface area contributed by atoms with Crippen molar-refractivity contribution in [3.63, 3.8) is 0 Å². The predicted molar refractivity (Wildman–Crippen MR) is 81.4 cm³/mol. The highest BCUT2D eigenvalue weighted by molar-refractivity contribution is 9.10. The van der Waals surface area contributed by atoms with Crippen LogP contribution in [0.25, 0.3) is 0 Å². The summed E-state index contributed by atoms with van der Waals surface area (Å²) in [6.07, 6.45) is 0.301. The molecule has 2 aromatic rings. The lowest BCUT2D eigenvalue weighted by Crippen LogP contribution is -2.24. The van der Waals surface area contributed by atoms with Crippen LogP contribution in [0.1, 0.15) is 16.3 Å². The number of rotatable bonds is 5. The second kappa shape index (κ2) is 7.03. The van der Waals surface area contributed by atoms with Crippen LogP contribution in [0.4, 0.5) is 0 Å². The van der Waals surface area contributed by atoms with Crippen LogP contribution >= 0.6 is 38.9 Å². The molecule has 0 fully saturated rings. The Morgan fingerprint density at radius 1 is 1.47 bits per heavy atom. The van der Waals surface area contributed by atoms with Gasteiger partial charge in [0.15, 0.2) is 0 Å². The maximum Gasteiger partial charge on any atom is 0.227 e. The van der Waals surface area contributed by atoms with Crippen molar-refractivity contribution in [1.29, 1.82) is 0 Å². The molecule has 0 atom stereocenters. The largest absolute Gasteiger partial charge is 0.352 e. The number of carbonyl (C=O) groups excluding carboxylic acids is 1. The van der Waals surface area contributed by atoms with E-state index in [1.165, 1.54) is 11.3 Å². The number of halogens is 2. The number of alkyl halides is 1. The molecule has 0 unspecified atom stereocenters. The van der Waals surface area contributed by atoms with Gasteiger partial charge < -0.3 is 5.32 Å². The van der Waals surface area contributed by atoms with Crippen molar-refractivity contribution >= 4 is 44.8 Å². The molecule has 1 heterocycles. The molecule has 19 heavy (non-hydrogen) atoms. The Labute approximate surface area is 129 Å². The Hall–Kier alpha value is -0.910. The van der Waals surface area contributed by atoms with E-state index in [4.69, 9.17) is 11.6 Å². The Bertz CT molecular complexity index is 573. The summed E-state index contributed by atoms with van der Waals surface area (Å²) in [5.74, 6) is 0.353. The van der Waals surface area contributed by atoms with E-state index in [-0.39, 0.29) is 5.91 Å². The summed E-state index contributed by atoms with van der Waals surface area (Å²) < 4.78 is 1.01. The maximum atomic E-state index is 11.8. The fraction of sp³-hybridized carbons (Fsp3) is 0.231. The van der Waals surface area contributed by atoms with Gasteiger partial charge in [0.25, 0.3) is 0 Å². The van der Waals surface area contributed by atoms with Gasteiger partial charge in [-0.25, -0.2) is 4.98 Å². The predicted octanol–water partition coefficient (Wildman–Crippen LogP) is 3.50. The van der Waals surface area contributed by atoms with Crippen molar-refractivity contribution in [2.45, 2.75) is 18.8 Å². The molecule has 0 aliphatic heterocycles. The number of hydrogen-bond acceptors (Lipinski definition) is 3. The van der Waals surface area contributed by atoms with E-state index in [1.807, 2.05) is 29.6 Å². The molecule has 0 aliphatic carbocycles. The topological polar surface area (TPSA) is 42.0 Å². The number of hydrogen-bond donors (Lipinski definition) is 1. The van der Waals surface area contributed by atoms with Gasteiger partial charge in [-0.2, -0.15) is 0 Å². The first kappa shape index (κ1) is 14.5. The zero-order valence-corrected chi connectivity index (χ0v) is 13.2. The average Bonchev–Trinajstić information content (AvgIpc) is 2.84. The maximum absolute atomic E-state index is 11.8. The standard InChI is InChI=1S/C13H12BrClN2OS/c14-10-3-1-2-9(4-10)7-16-12(18)5-13-17-11(6-15)8-19-13/h1-4,8H,5-7H2,(H,16,18). The van der Waals surface area contributed by atoms with Crippen LogP contribution in [0, 0.1) is 0 Å². The molecule has 0 aliphatic rings.